The first kappa shape index (κ1) is 13.4. The van der Waals surface area contributed by atoms with Crippen molar-refractivity contribution in [2.24, 2.45) is 17.6 Å². The lowest BCUT2D eigenvalue weighted by molar-refractivity contribution is -0.124. The van der Waals surface area contributed by atoms with E-state index in [0.29, 0.717) is 5.92 Å². The molecule has 0 saturated heterocycles. The molecule has 14 heavy (non-hydrogen) atoms. The summed E-state index contributed by atoms with van der Waals surface area (Å²) in [6, 6.07) is -0.143. The van der Waals surface area contributed by atoms with Gasteiger partial charge in [0, 0.05) is 6.04 Å². The molecule has 0 saturated carbocycles. The summed E-state index contributed by atoms with van der Waals surface area (Å²) >= 11 is 0. The van der Waals surface area contributed by atoms with Crippen LogP contribution in [0, 0.1) is 11.8 Å². The van der Waals surface area contributed by atoms with Gasteiger partial charge in [-0.15, -0.1) is 0 Å². The van der Waals surface area contributed by atoms with Gasteiger partial charge >= 0.3 is 0 Å². The summed E-state index contributed by atoms with van der Waals surface area (Å²) in [5.41, 5.74) is 5.75. The van der Waals surface area contributed by atoms with Gasteiger partial charge in [-0.25, -0.2) is 0 Å². The molecule has 1 amide bonds. The van der Waals surface area contributed by atoms with Crippen LogP contribution in [-0.4, -0.2) is 18.0 Å². The SMILES string of the molecule is CCC(NC(=O)[C@@H](N)C(C)C)C(C)C. The molecule has 2 atom stereocenters. The van der Waals surface area contributed by atoms with Crippen LogP contribution in [0.15, 0.2) is 0 Å². The Hall–Kier alpha value is -0.570. The zero-order chi connectivity index (χ0) is 11.3. The molecular formula is C11H24N2O. The summed E-state index contributed by atoms with van der Waals surface area (Å²) in [7, 11) is 0. The first-order chi connectivity index (χ1) is 6.40. The number of hydrogen-bond acceptors (Lipinski definition) is 2. The van der Waals surface area contributed by atoms with E-state index >= 15 is 0 Å². The molecule has 0 aliphatic rings. The van der Waals surface area contributed by atoms with Crippen molar-refractivity contribution in [2.75, 3.05) is 0 Å². The summed E-state index contributed by atoms with van der Waals surface area (Å²) in [6.07, 6.45) is 0.953. The monoisotopic (exact) mass is 200 g/mol. The van der Waals surface area contributed by atoms with Crippen LogP contribution in [0.1, 0.15) is 41.0 Å². The van der Waals surface area contributed by atoms with Gasteiger partial charge < -0.3 is 11.1 Å². The second-order valence-electron chi connectivity index (χ2n) is 4.54. The van der Waals surface area contributed by atoms with Crippen LogP contribution in [-0.2, 0) is 4.79 Å². The van der Waals surface area contributed by atoms with Crippen LogP contribution in [0.5, 0.6) is 0 Å². The Kier molecular flexibility index (Phi) is 5.77. The number of amides is 1. The van der Waals surface area contributed by atoms with Gasteiger partial charge in [0.25, 0.3) is 0 Å². The first-order valence-corrected chi connectivity index (χ1v) is 5.46. The third kappa shape index (κ3) is 4.09. The second-order valence-corrected chi connectivity index (χ2v) is 4.54. The predicted molar refractivity (Wildman–Crippen MR) is 59.9 cm³/mol. The molecule has 84 valence electrons. The average molecular weight is 200 g/mol. The normalized spacial score (nSPS) is 15.7. The smallest absolute Gasteiger partial charge is 0.237 e. The zero-order valence-corrected chi connectivity index (χ0v) is 10.0. The van der Waals surface area contributed by atoms with E-state index in [9.17, 15) is 4.79 Å². The summed E-state index contributed by atoms with van der Waals surface area (Å²) in [5, 5.41) is 2.98. The molecule has 0 spiro atoms. The van der Waals surface area contributed by atoms with Crippen LogP contribution in [0.25, 0.3) is 0 Å². The Labute approximate surface area is 87.4 Å². The Balaban J connectivity index is 4.15. The molecule has 0 fully saturated rings. The van der Waals surface area contributed by atoms with Crippen molar-refractivity contribution < 1.29 is 4.79 Å². The van der Waals surface area contributed by atoms with E-state index < -0.39 is 0 Å². The molecule has 0 aromatic rings. The number of carbonyl (C=O) groups is 1. The van der Waals surface area contributed by atoms with Gasteiger partial charge in [-0.2, -0.15) is 0 Å². The number of carbonyl (C=O) groups excluding carboxylic acids is 1. The van der Waals surface area contributed by atoms with E-state index in [0.717, 1.165) is 6.42 Å². The van der Waals surface area contributed by atoms with Crippen molar-refractivity contribution in [3.8, 4) is 0 Å². The van der Waals surface area contributed by atoms with Gasteiger partial charge in [-0.1, -0.05) is 34.6 Å². The number of nitrogens with two attached hydrogens (primary N) is 1. The van der Waals surface area contributed by atoms with E-state index in [-0.39, 0.29) is 23.9 Å². The van der Waals surface area contributed by atoms with Gasteiger partial charge in [0.2, 0.25) is 5.91 Å². The fourth-order valence-electron chi connectivity index (χ4n) is 1.32. The fourth-order valence-corrected chi connectivity index (χ4v) is 1.32. The van der Waals surface area contributed by atoms with Crippen molar-refractivity contribution in [3.63, 3.8) is 0 Å². The lowest BCUT2D eigenvalue weighted by atomic mass is 9.99. The van der Waals surface area contributed by atoms with Crippen LogP contribution in [0.4, 0.5) is 0 Å². The van der Waals surface area contributed by atoms with Crippen molar-refractivity contribution >= 4 is 5.91 Å². The molecule has 0 rings (SSSR count). The maximum Gasteiger partial charge on any atom is 0.237 e. The van der Waals surface area contributed by atoms with E-state index in [1.165, 1.54) is 0 Å². The van der Waals surface area contributed by atoms with Crippen molar-refractivity contribution in [1.29, 1.82) is 0 Å². The molecule has 0 aromatic heterocycles. The van der Waals surface area contributed by atoms with Crippen molar-refractivity contribution in [1.82, 2.24) is 5.32 Å². The Morgan fingerprint density at radius 2 is 1.71 bits per heavy atom. The van der Waals surface area contributed by atoms with Gasteiger partial charge in [-0.05, 0) is 18.3 Å². The molecule has 0 bridgehead atoms. The molecule has 3 nitrogen and oxygen atoms in total. The van der Waals surface area contributed by atoms with Gasteiger partial charge in [0.15, 0.2) is 0 Å². The summed E-state index contributed by atoms with van der Waals surface area (Å²) in [6.45, 7) is 10.2. The van der Waals surface area contributed by atoms with Crippen LogP contribution in [0.3, 0.4) is 0 Å². The van der Waals surface area contributed by atoms with Crippen LogP contribution in [0.2, 0.25) is 0 Å². The lowest BCUT2D eigenvalue weighted by Crippen LogP contribution is -2.49. The molecular weight excluding hydrogens is 176 g/mol. The highest BCUT2D eigenvalue weighted by atomic mass is 16.2. The molecule has 0 aliphatic heterocycles. The third-order valence-electron chi connectivity index (χ3n) is 2.59. The van der Waals surface area contributed by atoms with Crippen molar-refractivity contribution in [2.45, 2.75) is 53.1 Å². The topological polar surface area (TPSA) is 55.1 Å². The average Bonchev–Trinajstić information content (AvgIpc) is 2.11. The molecule has 1 unspecified atom stereocenters. The van der Waals surface area contributed by atoms with E-state index in [1.807, 2.05) is 13.8 Å². The highest BCUT2D eigenvalue weighted by Crippen LogP contribution is 2.06. The minimum Gasteiger partial charge on any atom is -0.352 e. The summed E-state index contributed by atoms with van der Waals surface area (Å²) < 4.78 is 0. The fraction of sp³-hybridized carbons (Fsp3) is 0.909. The zero-order valence-electron chi connectivity index (χ0n) is 10.0. The number of rotatable bonds is 5. The van der Waals surface area contributed by atoms with E-state index in [4.69, 9.17) is 5.73 Å². The van der Waals surface area contributed by atoms with Gasteiger partial charge in [-0.3, -0.25) is 4.79 Å². The predicted octanol–water partition coefficient (Wildman–Crippen LogP) is 1.52. The van der Waals surface area contributed by atoms with Gasteiger partial charge in [0.1, 0.15) is 0 Å². The Morgan fingerprint density at radius 3 is 2.00 bits per heavy atom. The first-order valence-electron chi connectivity index (χ1n) is 5.46. The second kappa shape index (κ2) is 6.02. The van der Waals surface area contributed by atoms with Gasteiger partial charge in [0.05, 0.1) is 6.04 Å². The van der Waals surface area contributed by atoms with Crippen LogP contribution >= 0.6 is 0 Å². The third-order valence-corrected chi connectivity index (χ3v) is 2.59. The summed E-state index contributed by atoms with van der Waals surface area (Å²) in [5.74, 6) is 0.628. The Bertz CT molecular complexity index is 178. The minimum atomic E-state index is -0.386. The lowest BCUT2D eigenvalue weighted by Gasteiger charge is -2.24. The Morgan fingerprint density at radius 1 is 1.21 bits per heavy atom. The summed E-state index contributed by atoms with van der Waals surface area (Å²) in [4.78, 5) is 11.6. The molecule has 3 heteroatoms. The van der Waals surface area contributed by atoms with Crippen LogP contribution < -0.4 is 11.1 Å². The maximum absolute atomic E-state index is 11.6. The maximum atomic E-state index is 11.6. The van der Waals surface area contributed by atoms with Crippen molar-refractivity contribution in [3.05, 3.63) is 0 Å². The van der Waals surface area contributed by atoms with E-state index in [2.05, 4.69) is 26.1 Å². The quantitative estimate of drug-likeness (QED) is 0.707. The highest BCUT2D eigenvalue weighted by Gasteiger charge is 2.21. The molecule has 0 heterocycles. The largest absolute Gasteiger partial charge is 0.352 e. The van der Waals surface area contributed by atoms with E-state index in [1.54, 1.807) is 0 Å². The standard InChI is InChI=1S/C11H24N2O/c1-6-9(7(2)3)13-11(14)10(12)8(4)5/h7-10H,6,12H2,1-5H3,(H,13,14)/t9?,10-/m0/s1. The minimum absolute atomic E-state index is 0.0273. The number of hydrogen-bond donors (Lipinski definition) is 2. The molecule has 0 aromatic carbocycles. The molecule has 0 radical (unpaired) electrons. The molecule has 0 aliphatic carbocycles. The highest BCUT2D eigenvalue weighted by molar-refractivity contribution is 5.82. The molecule has 3 N–H and O–H groups in total. The number of nitrogens with one attached hydrogen (secondary N) is 1.